The minimum absolute atomic E-state index is 0.391. The van der Waals surface area contributed by atoms with E-state index in [0.29, 0.717) is 10.8 Å². The normalized spacial score (nSPS) is 9.44. The molecule has 0 bridgehead atoms. The largest absolute Gasteiger partial charge is 0.382 e. The molecular formula is C5H6BClN2. The lowest BCUT2D eigenvalue weighted by Gasteiger charge is -1.95. The van der Waals surface area contributed by atoms with Crippen LogP contribution in [0.5, 0.6) is 0 Å². The second-order valence-electron chi connectivity index (χ2n) is 1.88. The van der Waals surface area contributed by atoms with Crippen molar-refractivity contribution in [2.75, 3.05) is 5.73 Å². The molecule has 0 spiro atoms. The summed E-state index contributed by atoms with van der Waals surface area (Å²) in [7, 11) is 1.92. The molecule has 46 valence electrons. The Morgan fingerprint density at radius 1 is 1.67 bits per heavy atom. The number of nitrogens with two attached hydrogens (primary N) is 1. The Morgan fingerprint density at radius 2 is 2.33 bits per heavy atom. The van der Waals surface area contributed by atoms with Crippen LogP contribution in [0.15, 0.2) is 12.3 Å². The standard InChI is InChI=1S/C5H6BClN2/c6-3-1-4(7)5(8)9-2-3/h1-2H,6H2,(H2,8,9). The Hall–Kier alpha value is -0.695. The van der Waals surface area contributed by atoms with Crippen molar-refractivity contribution in [3.8, 4) is 0 Å². The third-order valence-electron chi connectivity index (χ3n) is 1.01. The van der Waals surface area contributed by atoms with Gasteiger partial charge in [0.1, 0.15) is 13.7 Å². The molecule has 0 aliphatic heterocycles. The monoisotopic (exact) mass is 140 g/mol. The second-order valence-corrected chi connectivity index (χ2v) is 2.29. The molecule has 2 N–H and O–H groups in total. The summed E-state index contributed by atoms with van der Waals surface area (Å²) in [6.45, 7) is 0. The maximum Gasteiger partial charge on any atom is 0.142 e. The van der Waals surface area contributed by atoms with Gasteiger partial charge in [-0.05, 0) is 6.07 Å². The molecular weight excluding hydrogens is 134 g/mol. The minimum Gasteiger partial charge on any atom is -0.382 e. The summed E-state index contributed by atoms with van der Waals surface area (Å²) in [5.41, 5.74) is 6.37. The van der Waals surface area contributed by atoms with Crippen LogP contribution in [0.4, 0.5) is 5.82 Å². The van der Waals surface area contributed by atoms with Gasteiger partial charge >= 0.3 is 0 Å². The first-order chi connectivity index (χ1) is 4.20. The van der Waals surface area contributed by atoms with Crippen molar-refractivity contribution >= 4 is 30.7 Å². The summed E-state index contributed by atoms with van der Waals surface area (Å²) in [5.74, 6) is 0.391. The van der Waals surface area contributed by atoms with Crippen LogP contribution in [0.2, 0.25) is 5.02 Å². The Balaban J connectivity index is 3.17. The second kappa shape index (κ2) is 2.27. The molecule has 0 saturated heterocycles. The maximum absolute atomic E-state index is 5.63. The quantitative estimate of drug-likeness (QED) is 0.497. The van der Waals surface area contributed by atoms with Gasteiger partial charge in [0.25, 0.3) is 0 Å². The van der Waals surface area contributed by atoms with Crippen LogP contribution in [-0.2, 0) is 0 Å². The molecule has 1 aromatic rings. The van der Waals surface area contributed by atoms with E-state index in [1.54, 1.807) is 12.3 Å². The molecule has 4 heteroatoms. The van der Waals surface area contributed by atoms with Gasteiger partial charge in [-0.15, -0.1) is 0 Å². The lowest BCUT2D eigenvalue weighted by molar-refractivity contribution is 1.36. The van der Waals surface area contributed by atoms with Crippen molar-refractivity contribution in [3.05, 3.63) is 17.3 Å². The lowest BCUT2D eigenvalue weighted by atomic mass is 9.99. The van der Waals surface area contributed by atoms with Gasteiger partial charge in [0.2, 0.25) is 0 Å². The zero-order chi connectivity index (χ0) is 6.85. The van der Waals surface area contributed by atoms with E-state index in [4.69, 9.17) is 17.3 Å². The van der Waals surface area contributed by atoms with E-state index in [9.17, 15) is 0 Å². The van der Waals surface area contributed by atoms with E-state index < -0.39 is 0 Å². The molecule has 0 aromatic carbocycles. The average molecular weight is 140 g/mol. The van der Waals surface area contributed by atoms with Crippen molar-refractivity contribution in [2.45, 2.75) is 0 Å². The van der Waals surface area contributed by atoms with Gasteiger partial charge < -0.3 is 5.73 Å². The van der Waals surface area contributed by atoms with E-state index >= 15 is 0 Å². The zero-order valence-corrected chi connectivity index (χ0v) is 5.81. The SMILES string of the molecule is Bc1cnc(N)c(Cl)c1. The van der Waals surface area contributed by atoms with Crippen LogP contribution in [0.1, 0.15) is 0 Å². The molecule has 0 unspecified atom stereocenters. The summed E-state index contributed by atoms with van der Waals surface area (Å²) in [6.07, 6.45) is 1.68. The van der Waals surface area contributed by atoms with Crippen LogP contribution in [0.3, 0.4) is 0 Å². The number of nitrogen functional groups attached to an aromatic ring is 1. The number of hydrogen-bond donors (Lipinski definition) is 1. The van der Waals surface area contributed by atoms with Gasteiger partial charge in [-0.1, -0.05) is 17.1 Å². The molecule has 0 aliphatic rings. The highest BCUT2D eigenvalue weighted by atomic mass is 35.5. The Kier molecular flexibility index (Phi) is 1.62. The first kappa shape index (κ1) is 6.43. The number of hydrogen-bond acceptors (Lipinski definition) is 2. The van der Waals surface area contributed by atoms with Crippen LogP contribution in [0.25, 0.3) is 0 Å². The molecule has 1 rings (SSSR count). The fourth-order valence-electron chi connectivity index (χ4n) is 0.544. The summed E-state index contributed by atoms with van der Waals surface area (Å²) in [5, 5.41) is 0.523. The molecule has 9 heavy (non-hydrogen) atoms. The van der Waals surface area contributed by atoms with Crippen molar-refractivity contribution in [2.24, 2.45) is 0 Å². The molecule has 0 saturated carbocycles. The average Bonchev–Trinajstić information content (AvgIpc) is 1.80. The highest BCUT2D eigenvalue weighted by Crippen LogP contribution is 2.11. The van der Waals surface area contributed by atoms with Crippen molar-refractivity contribution in [1.82, 2.24) is 4.98 Å². The van der Waals surface area contributed by atoms with Crippen LogP contribution < -0.4 is 11.2 Å². The molecule has 1 aromatic heterocycles. The van der Waals surface area contributed by atoms with Crippen LogP contribution in [-0.4, -0.2) is 12.8 Å². The fraction of sp³-hybridized carbons (Fsp3) is 0. The summed E-state index contributed by atoms with van der Waals surface area (Å²) in [4.78, 5) is 3.82. The summed E-state index contributed by atoms with van der Waals surface area (Å²) >= 11 is 5.63. The molecule has 2 nitrogen and oxygen atoms in total. The fourth-order valence-corrected chi connectivity index (χ4v) is 0.765. The number of nitrogens with zero attached hydrogens (tertiary/aromatic N) is 1. The van der Waals surface area contributed by atoms with Crippen molar-refractivity contribution < 1.29 is 0 Å². The molecule has 0 atom stereocenters. The number of rotatable bonds is 0. The molecule has 0 radical (unpaired) electrons. The minimum atomic E-state index is 0.391. The van der Waals surface area contributed by atoms with Gasteiger partial charge in [0, 0.05) is 6.20 Å². The highest BCUT2D eigenvalue weighted by Gasteiger charge is 1.93. The molecule has 1 heterocycles. The number of pyridine rings is 1. The Morgan fingerprint density at radius 3 is 2.78 bits per heavy atom. The predicted molar refractivity (Wildman–Crippen MR) is 41.8 cm³/mol. The van der Waals surface area contributed by atoms with Crippen LogP contribution in [0, 0.1) is 0 Å². The topological polar surface area (TPSA) is 38.9 Å². The van der Waals surface area contributed by atoms with E-state index in [2.05, 4.69) is 4.98 Å². The van der Waals surface area contributed by atoms with Gasteiger partial charge in [-0.3, -0.25) is 0 Å². The first-order valence-corrected chi connectivity index (χ1v) is 2.95. The molecule has 0 amide bonds. The predicted octanol–water partition coefficient (Wildman–Crippen LogP) is -0.424. The van der Waals surface area contributed by atoms with Gasteiger partial charge in [-0.2, -0.15) is 0 Å². The number of aromatic nitrogens is 1. The van der Waals surface area contributed by atoms with Crippen LogP contribution >= 0.6 is 11.6 Å². The number of halogens is 1. The first-order valence-electron chi connectivity index (χ1n) is 2.58. The number of anilines is 1. The Labute approximate surface area is 59.4 Å². The van der Waals surface area contributed by atoms with E-state index in [-0.39, 0.29) is 0 Å². The smallest absolute Gasteiger partial charge is 0.142 e. The van der Waals surface area contributed by atoms with E-state index in [1.807, 2.05) is 7.85 Å². The third-order valence-corrected chi connectivity index (χ3v) is 1.31. The maximum atomic E-state index is 5.63. The summed E-state index contributed by atoms with van der Waals surface area (Å²) in [6, 6.07) is 1.78. The highest BCUT2D eigenvalue weighted by molar-refractivity contribution is 6.37. The van der Waals surface area contributed by atoms with Gasteiger partial charge in [-0.25, -0.2) is 4.98 Å². The lowest BCUT2D eigenvalue weighted by Crippen LogP contribution is -2.04. The Bertz CT molecular complexity index is 226. The van der Waals surface area contributed by atoms with Crippen molar-refractivity contribution in [1.29, 1.82) is 0 Å². The molecule has 0 fully saturated rings. The third kappa shape index (κ3) is 1.36. The van der Waals surface area contributed by atoms with E-state index in [1.165, 1.54) is 0 Å². The summed E-state index contributed by atoms with van der Waals surface area (Å²) < 4.78 is 0. The van der Waals surface area contributed by atoms with Gasteiger partial charge in [0.15, 0.2) is 0 Å². The molecule has 0 aliphatic carbocycles. The zero-order valence-electron chi connectivity index (χ0n) is 5.06. The van der Waals surface area contributed by atoms with Gasteiger partial charge in [0.05, 0.1) is 5.02 Å². The van der Waals surface area contributed by atoms with Crippen molar-refractivity contribution in [3.63, 3.8) is 0 Å². The van der Waals surface area contributed by atoms with E-state index in [0.717, 1.165) is 5.46 Å².